The van der Waals surface area contributed by atoms with Crippen LogP contribution in [0.25, 0.3) is 0 Å². The summed E-state index contributed by atoms with van der Waals surface area (Å²) in [6, 6.07) is 9.27. The SMILES string of the molecule is O=Cc1ccc(SCc2ncccn2)cc1. The first-order valence-corrected chi connectivity index (χ1v) is 5.81. The van der Waals surface area contributed by atoms with Gasteiger partial charge in [-0.1, -0.05) is 12.1 Å². The normalized spacial score (nSPS) is 10.0. The molecular weight excluding hydrogens is 220 g/mol. The molecule has 16 heavy (non-hydrogen) atoms. The summed E-state index contributed by atoms with van der Waals surface area (Å²) in [7, 11) is 0. The quantitative estimate of drug-likeness (QED) is 0.598. The van der Waals surface area contributed by atoms with Crippen LogP contribution in [0.3, 0.4) is 0 Å². The van der Waals surface area contributed by atoms with Crippen molar-refractivity contribution < 1.29 is 4.79 Å². The third kappa shape index (κ3) is 2.90. The van der Waals surface area contributed by atoms with Crippen molar-refractivity contribution in [2.24, 2.45) is 0 Å². The predicted molar refractivity (Wildman–Crippen MR) is 63.4 cm³/mol. The van der Waals surface area contributed by atoms with Gasteiger partial charge in [0, 0.05) is 22.9 Å². The zero-order valence-electron chi connectivity index (χ0n) is 8.54. The molecule has 80 valence electrons. The minimum atomic E-state index is 0.695. The molecule has 0 bridgehead atoms. The van der Waals surface area contributed by atoms with Crippen molar-refractivity contribution in [3.05, 3.63) is 54.1 Å². The molecule has 3 nitrogen and oxygen atoms in total. The van der Waals surface area contributed by atoms with E-state index in [4.69, 9.17) is 0 Å². The first-order valence-electron chi connectivity index (χ1n) is 4.82. The van der Waals surface area contributed by atoms with Crippen LogP contribution in [0.2, 0.25) is 0 Å². The first-order chi connectivity index (χ1) is 7.88. The topological polar surface area (TPSA) is 42.9 Å². The molecule has 0 saturated carbocycles. The van der Waals surface area contributed by atoms with E-state index in [0.717, 1.165) is 22.8 Å². The number of hydrogen-bond acceptors (Lipinski definition) is 4. The Bertz CT molecular complexity index is 456. The Morgan fingerprint density at radius 2 is 1.81 bits per heavy atom. The summed E-state index contributed by atoms with van der Waals surface area (Å²) in [5.74, 6) is 1.55. The van der Waals surface area contributed by atoms with E-state index in [2.05, 4.69) is 9.97 Å². The lowest BCUT2D eigenvalue weighted by Gasteiger charge is -2.00. The molecule has 0 N–H and O–H groups in total. The van der Waals surface area contributed by atoms with Crippen molar-refractivity contribution in [1.82, 2.24) is 9.97 Å². The maximum absolute atomic E-state index is 10.5. The molecule has 2 aromatic rings. The zero-order valence-corrected chi connectivity index (χ0v) is 9.35. The van der Waals surface area contributed by atoms with Gasteiger partial charge in [0.15, 0.2) is 0 Å². The van der Waals surface area contributed by atoms with Crippen molar-refractivity contribution in [3.63, 3.8) is 0 Å². The average molecular weight is 230 g/mol. The number of aldehydes is 1. The summed E-state index contributed by atoms with van der Waals surface area (Å²) in [6.45, 7) is 0. The maximum atomic E-state index is 10.5. The Morgan fingerprint density at radius 3 is 2.44 bits per heavy atom. The molecule has 0 spiro atoms. The van der Waals surface area contributed by atoms with Crippen molar-refractivity contribution in [2.75, 3.05) is 0 Å². The number of nitrogens with zero attached hydrogens (tertiary/aromatic N) is 2. The molecule has 0 aliphatic heterocycles. The van der Waals surface area contributed by atoms with Crippen molar-refractivity contribution in [2.45, 2.75) is 10.6 Å². The lowest BCUT2D eigenvalue weighted by atomic mass is 10.2. The third-order valence-electron chi connectivity index (χ3n) is 2.00. The van der Waals surface area contributed by atoms with E-state index in [0.29, 0.717) is 5.56 Å². The molecule has 0 atom stereocenters. The second-order valence-corrected chi connectivity index (χ2v) is 4.19. The second kappa shape index (κ2) is 5.42. The highest BCUT2D eigenvalue weighted by molar-refractivity contribution is 7.98. The third-order valence-corrected chi connectivity index (χ3v) is 3.01. The zero-order chi connectivity index (χ0) is 11.2. The minimum Gasteiger partial charge on any atom is -0.298 e. The van der Waals surface area contributed by atoms with Crippen molar-refractivity contribution in [1.29, 1.82) is 0 Å². The van der Waals surface area contributed by atoms with Gasteiger partial charge in [-0.2, -0.15) is 0 Å². The summed E-state index contributed by atoms with van der Waals surface area (Å²) < 4.78 is 0. The fourth-order valence-electron chi connectivity index (χ4n) is 1.20. The molecule has 0 amide bonds. The molecule has 1 heterocycles. The Morgan fingerprint density at radius 1 is 1.12 bits per heavy atom. The van der Waals surface area contributed by atoms with Gasteiger partial charge in [0.1, 0.15) is 12.1 Å². The number of rotatable bonds is 4. The smallest absolute Gasteiger partial charge is 0.150 e. The van der Waals surface area contributed by atoms with Crippen LogP contribution in [0.15, 0.2) is 47.6 Å². The van der Waals surface area contributed by atoms with E-state index in [-0.39, 0.29) is 0 Å². The Hall–Kier alpha value is -1.68. The summed E-state index contributed by atoms with van der Waals surface area (Å²) in [6.07, 6.45) is 4.31. The Labute approximate surface area is 97.9 Å². The predicted octanol–water partition coefficient (Wildman–Crippen LogP) is 2.58. The lowest BCUT2D eigenvalue weighted by molar-refractivity contribution is 0.112. The van der Waals surface area contributed by atoms with E-state index in [1.807, 2.05) is 12.1 Å². The molecule has 1 aromatic heterocycles. The Balaban J connectivity index is 1.97. The van der Waals surface area contributed by atoms with Gasteiger partial charge in [0.2, 0.25) is 0 Å². The molecule has 0 saturated heterocycles. The highest BCUT2D eigenvalue weighted by Gasteiger charge is 1.98. The van der Waals surface area contributed by atoms with Gasteiger partial charge < -0.3 is 0 Å². The minimum absolute atomic E-state index is 0.695. The summed E-state index contributed by atoms with van der Waals surface area (Å²) in [4.78, 5) is 19.9. The molecule has 0 unspecified atom stereocenters. The summed E-state index contributed by atoms with van der Waals surface area (Å²) in [5, 5.41) is 0. The van der Waals surface area contributed by atoms with Gasteiger partial charge in [-0.15, -0.1) is 11.8 Å². The average Bonchev–Trinajstić information content (AvgIpc) is 2.38. The number of hydrogen-bond donors (Lipinski definition) is 0. The molecule has 4 heteroatoms. The fraction of sp³-hybridized carbons (Fsp3) is 0.0833. The van der Waals surface area contributed by atoms with Crippen molar-refractivity contribution >= 4 is 18.0 Å². The number of benzene rings is 1. The molecule has 2 rings (SSSR count). The van der Waals surface area contributed by atoms with Gasteiger partial charge >= 0.3 is 0 Å². The number of carbonyl (C=O) groups is 1. The van der Waals surface area contributed by atoms with E-state index in [9.17, 15) is 4.79 Å². The molecule has 1 aromatic carbocycles. The molecule has 0 aliphatic rings. The monoisotopic (exact) mass is 230 g/mol. The van der Waals surface area contributed by atoms with E-state index in [1.165, 1.54) is 0 Å². The van der Waals surface area contributed by atoms with Crippen LogP contribution in [-0.2, 0) is 5.75 Å². The summed E-state index contributed by atoms with van der Waals surface area (Å²) in [5.41, 5.74) is 0.695. The number of thioether (sulfide) groups is 1. The highest BCUT2D eigenvalue weighted by atomic mass is 32.2. The van der Waals surface area contributed by atoms with Crippen LogP contribution in [0, 0.1) is 0 Å². The van der Waals surface area contributed by atoms with Gasteiger partial charge in [0.25, 0.3) is 0 Å². The lowest BCUT2D eigenvalue weighted by Crippen LogP contribution is -1.89. The van der Waals surface area contributed by atoms with Crippen LogP contribution < -0.4 is 0 Å². The van der Waals surface area contributed by atoms with Crippen LogP contribution in [0.4, 0.5) is 0 Å². The van der Waals surface area contributed by atoms with Crippen LogP contribution in [0.5, 0.6) is 0 Å². The first kappa shape index (κ1) is 10.8. The van der Waals surface area contributed by atoms with Crippen LogP contribution in [0.1, 0.15) is 16.2 Å². The number of carbonyl (C=O) groups excluding carboxylic acids is 1. The Kier molecular flexibility index (Phi) is 3.66. The number of aromatic nitrogens is 2. The van der Waals surface area contributed by atoms with Gasteiger partial charge in [-0.05, 0) is 18.2 Å². The molecule has 0 fully saturated rings. The van der Waals surface area contributed by atoms with Crippen LogP contribution >= 0.6 is 11.8 Å². The second-order valence-electron chi connectivity index (χ2n) is 3.14. The highest BCUT2D eigenvalue weighted by Crippen LogP contribution is 2.20. The molecular formula is C12H10N2OS. The van der Waals surface area contributed by atoms with Gasteiger partial charge in [-0.3, -0.25) is 4.79 Å². The van der Waals surface area contributed by atoms with E-state index < -0.39 is 0 Å². The standard InChI is InChI=1S/C12H10N2OS/c15-8-10-2-4-11(5-3-10)16-9-12-13-6-1-7-14-12/h1-8H,9H2. The van der Waals surface area contributed by atoms with Crippen molar-refractivity contribution in [3.8, 4) is 0 Å². The molecule has 0 aliphatic carbocycles. The van der Waals surface area contributed by atoms with Gasteiger partial charge in [-0.25, -0.2) is 9.97 Å². The summed E-state index contributed by atoms with van der Waals surface area (Å²) >= 11 is 1.65. The largest absolute Gasteiger partial charge is 0.298 e. The van der Waals surface area contributed by atoms with E-state index in [1.54, 1.807) is 42.4 Å². The van der Waals surface area contributed by atoms with E-state index >= 15 is 0 Å². The van der Waals surface area contributed by atoms with Crippen LogP contribution in [-0.4, -0.2) is 16.3 Å². The van der Waals surface area contributed by atoms with Gasteiger partial charge in [0.05, 0.1) is 5.75 Å². The maximum Gasteiger partial charge on any atom is 0.150 e. The fourth-order valence-corrected chi connectivity index (χ4v) is 1.97. The molecule has 0 radical (unpaired) electrons.